The van der Waals surface area contributed by atoms with Gasteiger partial charge >= 0.3 is 6.15 Å². The van der Waals surface area contributed by atoms with Crippen LogP contribution >= 0.6 is 0 Å². The van der Waals surface area contributed by atoms with Gasteiger partial charge in [-0.2, -0.15) is 9.59 Å². The van der Waals surface area contributed by atoms with Crippen molar-refractivity contribution >= 4 is 12.4 Å². The van der Waals surface area contributed by atoms with Crippen LogP contribution in [-0.2, 0) is 14.4 Å². The summed E-state index contributed by atoms with van der Waals surface area (Å²) < 4.78 is 0. The van der Waals surface area contributed by atoms with Crippen molar-refractivity contribution < 1.29 is 14.4 Å². The minimum absolute atomic E-state index is 0.250. The molecule has 1 aliphatic carbocycles. The molecule has 1 rings (SSSR count). The van der Waals surface area contributed by atoms with Gasteiger partial charge in [0.2, 0.25) is 0 Å². The monoisotopic (exact) mass is 156 g/mol. The summed E-state index contributed by atoms with van der Waals surface area (Å²) in [5.41, 5.74) is 0.307. The Morgan fingerprint density at radius 1 is 1.36 bits per heavy atom. The van der Waals surface area contributed by atoms with Crippen molar-refractivity contribution in [3.8, 4) is 0 Å². The third-order valence-corrected chi connectivity index (χ3v) is 2.61. The highest BCUT2D eigenvalue weighted by molar-refractivity contribution is 5.60. The number of hydrogen-bond acceptors (Lipinski definition) is 3. The maximum absolute atomic E-state index is 10.2. The average molecular weight is 156 g/mol. The maximum Gasteiger partial charge on any atom is 0.373 e. The third kappa shape index (κ3) is 1.99. The molecule has 1 saturated carbocycles. The van der Waals surface area contributed by atoms with Crippen molar-refractivity contribution in [2.24, 2.45) is 17.3 Å². The zero-order valence-corrected chi connectivity index (χ0v) is 6.96. The van der Waals surface area contributed by atoms with Gasteiger partial charge in [0.05, 0.1) is 0 Å². The Morgan fingerprint density at radius 3 is 1.64 bits per heavy atom. The molecule has 0 aliphatic heterocycles. The van der Waals surface area contributed by atoms with E-state index in [1.54, 1.807) is 0 Å². The van der Waals surface area contributed by atoms with Crippen LogP contribution in [0.4, 0.5) is 0 Å². The van der Waals surface area contributed by atoms with E-state index in [1.165, 1.54) is 0 Å². The average Bonchev–Trinajstić information content (AvgIpc) is 2.35. The molecule has 0 N–H and O–H groups in total. The first kappa shape index (κ1) is 10.0. The molecule has 0 spiro atoms. The van der Waals surface area contributed by atoms with Crippen LogP contribution in [0.25, 0.3) is 0 Å². The number of aldehydes is 1. The van der Waals surface area contributed by atoms with E-state index in [1.807, 2.05) is 0 Å². The first-order chi connectivity index (χ1) is 5.02. The molecule has 0 amide bonds. The van der Waals surface area contributed by atoms with Crippen molar-refractivity contribution in [3.63, 3.8) is 0 Å². The minimum atomic E-state index is 0.250. The molecule has 3 nitrogen and oxygen atoms in total. The van der Waals surface area contributed by atoms with Crippen LogP contribution in [0.5, 0.6) is 0 Å². The SMILES string of the molecule is CC1C(C=O)C1(C)C.O=C=O. The van der Waals surface area contributed by atoms with Crippen molar-refractivity contribution in [3.05, 3.63) is 0 Å². The summed E-state index contributed by atoms with van der Waals surface area (Å²) in [6.07, 6.45) is 1.32. The lowest BCUT2D eigenvalue weighted by Crippen LogP contribution is -1.89. The van der Waals surface area contributed by atoms with Crippen LogP contribution in [0.15, 0.2) is 0 Å². The predicted molar refractivity (Wildman–Crippen MR) is 37.5 cm³/mol. The highest BCUT2D eigenvalue weighted by atomic mass is 16.2. The van der Waals surface area contributed by atoms with Gasteiger partial charge in [-0.25, -0.2) is 0 Å². The second-order valence-electron chi connectivity index (χ2n) is 3.36. The smallest absolute Gasteiger partial charge is 0.303 e. The molecule has 1 aliphatic rings. The number of carbonyl (C=O) groups excluding carboxylic acids is 3. The maximum atomic E-state index is 10.2. The van der Waals surface area contributed by atoms with E-state index in [0.717, 1.165) is 6.29 Å². The highest BCUT2D eigenvalue weighted by Crippen LogP contribution is 2.56. The molecular formula is C8H12O3. The molecule has 11 heavy (non-hydrogen) atoms. The van der Waals surface area contributed by atoms with Gasteiger partial charge in [0.15, 0.2) is 0 Å². The second-order valence-corrected chi connectivity index (χ2v) is 3.36. The Balaban J connectivity index is 0.000000292. The minimum Gasteiger partial charge on any atom is -0.303 e. The number of carbonyl (C=O) groups is 1. The second kappa shape index (κ2) is 3.44. The summed E-state index contributed by atoms with van der Waals surface area (Å²) in [6.45, 7) is 6.40. The Bertz CT molecular complexity index is 178. The molecule has 0 saturated heterocycles. The quantitative estimate of drug-likeness (QED) is 0.530. The summed E-state index contributed by atoms with van der Waals surface area (Å²) in [7, 11) is 0. The summed E-state index contributed by atoms with van der Waals surface area (Å²) >= 11 is 0. The van der Waals surface area contributed by atoms with Crippen LogP contribution in [0, 0.1) is 17.3 Å². The predicted octanol–water partition coefficient (Wildman–Crippen LogP) is 0.894. The van der Waals surface area contributed by atoms with Gasteiger partial charge in [-0.3, -0.25) is 0 Å². The molecule has 0 aromatic carbocycles. The molecule has 0 aromatic rings. The summed E-state index contributed by atoms with van der Waals surface area (Å²) in [6, 6.07) is 0. The van der Waals surface area contributed by atoms with Gasteiger partial charge in [0.1, 0.15) is 6.29 Å². The zero-order valence-electron chi connectivity index (χ0n) is 6.96. The lowest BCUT2D eigenvalue weighted by molar-refractivity contribution is -0.191. The Labute approximate surface area is 65.8 Å². The van der Waals surface area contributed by atoms with E-state index in [2.05, 4.69) is 20.8 Å². The molecular weight excluding hydrogens is 144 g/mol. The standard InChI is InChI=1S/C7H12O.CO2/c1-5-6(4-8)7(5,2)3;2-1-3/h4-6H,1-3H3;. The normalized spacial score (nSPS) is 30.8. The lowest BCUT2D eigenvalue weighted by Gasteiger charge is -1.93. The van der Waals surface area contributed by atoms with E-state index in [4.69, 9.17) is 9.59 Å². The summed E-state index contributed by atoms with van der Waals surface area (Å²) in [4.78, 5) is 26.4. The van der Waals surface area contributed by atoms with Crippen LogP contribution in [0.3, 0.4) is 0 Å². The highest BCUT2D eigenvalue weighted by Gasteiger charge is 2.54. The van der Waals surface area contributed by atoms with Crippen molar-refractivity contribution in [1.82, 2.24) is 0 Å². The van der Waals surface area contributed by atoms with Gasteiger partial charge in [-0.15, -0.1) is 0 Å². The van der Waals surface area contributed by atoms with E-state index < -0.39 is 0 Å². The largest absolute Gasteiger partial charge is 0.373 e. The van der Waals surface area contributed by atoms with Crippen molar-refractivity contribution in [2.45, 2.75) is 20.8 Å². The van der Waals surface area contributed by atoms with E-state index >= 15 is 0 Å². The Hall–Kier alpha value is -0.950. The third-order valence-electron chi connectivity index (χ3n) is 2.61. The molecule has 2 atom stereocenters. The fourth-order valence-corrected chi connectivity index (χ4v) is 1.23. The van der Waals surface area contributed by atoms with Crippen LogP contribution in [0.2, 0.25) is 0 Å². The Morgan fingerprint density at radius 2 is 1.64 bits per heavy atom. The van der Waals surface area contributed by atoms with Crippen LogP contribution in [0.1, 0.15) is 20.8 Å². The number of rotatable bonds is 1. The van der Waals surface area contributed by atoms with Crippen LogP contribution in [-0.4, -0.2) is 12.4 Å². The lowest BCUT2D eigenvalue weighted by atomic mass is 10.1. The summed E-state index contributed by atoms with van der Waals surface area (Å²) in [5, 5.41) is 0. The van der Waals surface area contributed by atoms with E-state index in [-0.39, 0.29) is 6.15 Å². The topological polar surface area (TPSA) is 51.2 Å². The van der Waals surface area contributed by atoms with Gasteiger partial charge < -0.3 is 4.79 Å². The molecule has 0 bridgehead atoms. The van der Waals surface area contributed by atoms with Gasteiger partial charge in [-0.05, 0) is 11.3 Å². The fraction of sp³-hybridized carbons (Fsp3) is 0.750. The zero-order chi connectivity index (χ0) is 9.07. The van der Waals surface area contributed by atoms with Gasteiger partial charge in [-0.1, -0.05) is 20.8 Å². The molecule has 0 heterocycles. The Kier molecular flexibility index (Phi) is 3.15. The van der Waals surface area contributed by atoms with Crippen molar-refractivity contribution in [2.75, 3.05) is 0 Å². The first-order valence-electron chi connectivity index (χ1n) is 3.47. The van der Waals surface area contributed by atoms with Crippen LogP contribution < -0.4 is 0 Å². The number of hydrogen-bond donors (Lipinski definition) is 0. The van der Waals surface area contributed by atoms with Crippen molar-refractivity contribution in [1.29, 1.82) is 0 Å². The molecule has 0 aromatic heterocycles. The molecule has 1 fully saturated rings. The van der Waals surface area contributed by atoms with Gasteiger partial charge in [0.25, 0.3) is 0 Å². The summed E-state index contributed by atoms with van der Waals surface area (Å²) in [5.74, 6) is 0.947. The van der Waals surface area contributed by atoms with E-state index in [0.29, 0.717) is 17.3 Å². The van der Waals surface area contributed by atoms with E-state index in [9.17, 15) is 4.79 Å². The van der Waals surface area contributed by atoms with Gasteiger partial charge in [0, 0.05) is 5.92 Å². The molecule has 0 radical (unpaired) electrons. The fourth-order valence-electron chi connectivity index (χ4n) is 1.23. The first-order valence-corrected chi connectivity index (χ1v) is 3.47. The molecule has 3 heteroatoms. The molecule has 62 valence electrons. The molecule has 2 unspecified atom stereocenters.